The van der Waals surface area contributed by atoms with E-state index in [1.54, 1.807) is 6.92 Å². The number of sulfonamides is 1. The van der Waals surface area contributed by atoms with Gasteiger partial charge in [0.05, 0.1) is 23.1 Å². The van der Waals surface area contributed by atoms with Crippen LogP contribution >= 0.6 is 0 Å². The average molecular weight is 248 g/mol. The van der Waals surface area contributed by atoms with Gasteiger partial charge in [-0.05, 0) is 30.7 Å². The number of terminal acetylenes is 1. The molecule has 0 saturated heterocycles. The molecule has 0 heterocycles. The Hall–Kier alpha value is -1.82. The van der Waals surface area contributed by atoms with Crippen molar-refractivity contribution in [3.63, 3.8) is 0 Å². The molecule has 0 amide bonds. The zero-order chi connectivity index (χ0) is 13.1. The first-order chi connectivity index (χ1) is 7.93. The third-order valence-corrected chi connectivity index (χ3v) is 4.27. The van der Waals surface area contributed by atoms with E-state index in [0.717, 1.165) is 4.31 Å². The van der Waals surface area contributed by atoms with Crippen LogP contribution in [0.1, 0.15) is 11.1 Å². The van der Waals surface area contributed by atoms with Crippen molar-refractivity contribution in [2.24, 2.45) is 0 Å². The topological polar surface area (TPSA) is 61.2 Å². The van der Waals surface area contributed by atoms with E-state index in [4.69, 9.17) is 11.7 Å². The van der Waals surface area contributed by atoms with E-state index in [0.29, 0.717) is 11.1 Å². The van der Waals surface area contributed by atoms with Gasteiger partial charge in [0.1, 0.15) is 0 Å². The van der Waals surface area contributed by atoms with Crippen molar-refractivity contribution in [3.05, 3.63) is 29.3 Å². The lowest BCUT2D eigenvalue weighted by atomic mass is 10.2. The summed E-state index contributed by atoms with van der Waals surface area (Å²) < 4.78 is 25.3. The van der Waals surface area contributed by atoms with E-state index in [9.17, 15) is 8.42 Å². The molecule has 0 radical (unpaired) electrons. The maximum Gasteiger partial charge on any atom is 0.243 e. The summed E-state index contributed by atoms with van der Waals surface area (Å²) in [6.45, 7) is 1.67. The Morgan fingerprint density at radius 1 is 1.47 bits per heavy atom. The zero-order valence-corrected chi connectivity index (χ0v) is 10.5. The van der Waals surface area contributed by atoms with Gasteiger partial charge in [-0.2, -0.15) is 9.57 Å². The average Bonchev–Trinajstić information content (AvgIpc) is 2.28. The van der Waals surface area contributed by atoms with Gasteiger partial charge < -0.3 is 0 Å². The van der Waals surface area contributed by atoms with Gasteiger partial charge in [0, 0.05) is 7.05 Å². The van der Waals surface area contributed by atoms with E-state index in [1.807, 2.05) is 6.07 Å². The van der Waals surface area contributed by atoms with Crippen molar-refractivity contribution in [1.29, 1.82) is 5.26 Å². The Balaban J connectivity index is 3.27. The molecule has 1 aromatic carbocycles. The van der Waals surface area contributed by atoms with Crippen LogP contribution in [-0.2, 0) is 10.0 Å². The highest BCUT2D eigenvalue weighted by Gasteiger charge is 2.21. The van der Waals surface area contributed by atoms with Crippen molar-refractivity contribution in [1.82, 2.24) is 4.31 Å². The summed E-state index contributed by atoms with van der Waals surface area (Å²) in [6.07, 6.45) is 5.09. The minimum absolute atomic E-state index is 0.0156. The number of hydrogen-bond acceptors (Lipinski definition) is 3. The lowest BCUT2D eigenvalue weighted by Crippen LogP contribution is -2.27. The number of rotatable bonds is 3. The molecule has 17 heavy (non-hydrogen) atoms. The summed E-state index contributed by atoms with van der Waals surface area (Å²) in [6, 6.07) is 6.40. The predicted molar refractivity (Wildman–Crippen MR) is 64.5 cm³/mol. The highest BCUT2D eigenvalue weighted by molar-refractivity contribution is 7.89. The van der Waals surface area contributed by atoms with Gasteiger partial charge in [0.15, 0.2) is 0 Å². The second-order valence-corrected chi connectivity index (χ2v) is 5.57. The van der Waals surface area contributed by atoms with Gasteiger partial charge in [0.25, 0.3) is 0 Å². The van der Waals surface area contributed by atoms with Crippen molar-refractivity contribution < 1.29 is 8.42 Å². The van der Waals surface area contributed by atoms with Gasteiger partial charge >= 0.3 is 0 Å². The fraction of sp³-hybridized carbons (Fsp3) is 0.250. The Morgan fingerprint density at radius 3 is 2.59 bits per heavy atom. The fourth-order valence-corrected chi connectivity index (χ4v) is 2.68. The molecule has 0 fully saturated rings. The molecule has 0 unspecified atom stereocenters. The highest BCUT2D eigenvalue weighted by Crippen LogP contribution is 2.19. The Morgan fingerprint density at radius 2 is 2.12 bits per heavy atom. The van der Waals surface area contributed by atoms with Crippen molar-refractivity contribution in [2.75, 3.05) is 13.6 Å². The molecule has 0 spiro atoms. The fourth-order valence-electron chi connectivity index (χ4n) is 1.39. The molecule has 0 aliphatic heterocycles. The molecule has 0 N–H and O–H groups in total. The van der Waals surface area contributed by atoms with Crippen LogP contribution < -0.4 is 0 Å². The molecule has 1 aromatic rings. The molecule has 88 valence electrons. The van der Waals surface area contributed by atoms with Crippen molar-refractivity contribution in [3.8, 4) is 18.4 Å². The van der Waals surface area contributed by atoms with Gasteiger partial charge in [-0.1, -0.05) is 5.92 Å². The standard InChI is InChI=1S/C12H12N2O2S/c1-4-7-14(3)17(15,16)12-6-5-11(9-13)8-10(12)2/h1,5-6,8H,7H2,2-3H3. The molecular weight excluding hydrogens is 236 g/mol. The first-order valence-corrected chi connectivity index (χ1v) is 6.28. The summed E-state index contributed by atoms with van der Waals surface area (Å²) in [5.41, 5.74) is 0.967. The van der Waals surface area contributed by atoms with E-state index in [1.165, 1.54) is 25.2 Å². The molecule has 0 aliphatic carbocycles. The quantitative estimate of drug-likeness (QED) is 0.753. The van der Waals surface area contributed by atoms with E-state index in [2.05, 4.69) is 5.92 Å². The van der Waals surface area contributed by atoms with Crippen LogP contribution in [0.3, 0.4) is 0 Å². The van der Waals surface area contributed by atoms with Crippen LogP contribution in [0.25, 0.3) is 0 Å². The number of aryl methyl sites for hydroxylation is 1. The second kappa shape index (κ2) is 5.01. The molecule has 0 aromatic heterocycles. The van der Waals surface area contributed by atoms with E-state index < -0.39 is 10.0 Å². The van der Waals surface area contributed by atoms with Crippen molar-refractivity contribution in [2.45, 2.75) is 11.8 Å². The molecule has 0 atom stereocenters. The lowest BCUT2D eigenvalue weighted by molar-refractivity contribution is 0.502. The minimum atomic E-state index is -3.58. The van der Waals surface area contributed by atoms with Crippen LogP contribution in [0.4, 0.5) is 0 Å². The second-order valence-electron chi connectivity index (χ2n) is 3.56. The maximum atomic E-state index is 12.1. The zero-order valence-electron chi connectivity index (χ0n) is 9.64. The summed E-state index contributed by atoms with van der Waals surface area (Å²) in [7, 11) is -2.15. The monoisotopic (exact) mass is 248 g/mol. The molecular formula is C12H12N2O2S. The molecule has 4 nitrogen and oxygen atoms in total. The van der Waals surface area contributed by atoms with Gasteiger partial charge in [-0.15, -0.1) is 6.42 Å². The van der Waals surface area contributed by atoms with Gasteiger partial charge in [-0.25, -0.2) is 8.42 Å². The lowest BCUT2D eigenvalue weighted by Gasteiger charge is -2.15. The number of hydrogen-bond donors (Lipinski definition) is 0. The maximum absolute atomic E-state index is 12.1. The Bertz CT molecular complexity index is 606. The van der Waals surface area contributed by atoms with Crippen LogP contribution in [0.2, 0.25) is 0 Å². The summed E-state index contributed by atoms with van der Waals surface area (Å²) in [5.74, 6) is 2.28. The number of nitrogens with zero attached hydrogens (tertiary/aromatic N) is 2. The normalized spacial score (nSPS) is 10.9. The molecule has 1 rings (SSSR count). The first kappa shape index (κ1) is 13.2. The highest BCUT2D eigenvalue weighted by atomic mass is 32.2. The summed E-state index contributed by atoms with van der Waals surface area (Å²) >= 11 is 0. The van der Waals surface area contributed by atoms with Crippen LogP contribution in [0, 0.1) is 30.6 Å². The van der Waals surface area contributed by atoms with Crippen LogP contribution in [-0.4, -0.2) is 26.3 Å². The number of benzene rings is 1. The van der Waals surface area contributed by atoms with Crippen molar-refractivity contribution >= 4 is 10.0 Å². The molecule has 0 aliphatic rings. The smallest absolute Gasteiger partial charge is 0.207 e. The minimum Gasteiger partial charge on any atom is -0.207 e. The molecule has 0 saturated carbocycles. The first-order valence-electron chi connectivity index (χ1n) is 4.84. The van der Waals surface area contributed by atoms with Gasteiger partial charge in [0.2, 0.25) is 10.0 Å². The molecule has 0 bridgehead atoms. The number of nitriles is 1. The predicted octanol–water partition coefficient (Wildman–Crippen LogP) is 1.12. The Kier molecular flexibility index (Phi) is 3.90. The summed E-state index contributed by atoms with van der Waals surface area (Å²) in [4.78, 5) is 0.175. The SMILES string of the molecule is C#CCN(C)S(=O)(=O)c1ccc(C#N)cc1C. The van der Waals surface area contributed by atoms with Gasteiger partial charge in [-0.3, -0.25) is 0 Å². The van der Waals surface area contributed by atoms with E-state index in [-0.39, 0.29) is 11.4 Å². The molecule has 5 heteroatoms. The third kappa shape index (κ3) is 2.65. The third-order valence-electron chi connectivity index (χ3n) is 2.31. The largest absolute Gasteiger partial charge is 0.243 e. The van der Waals surface area contributed by atoms with E-state index >= 15 is 0 Å². The van der Waals surface area contributed by atoms with Crippen LogP contribution in [0.15, 0.2) is 23.1 Å². The summed E-state index contributed by atoms with van der Waals surface area (Å²) in [5, 5.41) is 8.71. The Labute approximate surface area is 102 Å². The van der Waals surface area contributed by atoms with Crippen LogP contribution in [0.5, 0.6) is 0 Å².